The normalized spacial score (nSPS) is 10.7. The zero-order chi connectivity index (χ0) is 15.3. The molecule has 0 unspecified atom stereocenters. The molecule has 0 fully saturated rings. The lowest BCUT2D eigenvalue weighted by molar-refractivity contribution is 0.0693. The molecule has 0 spiro atoms. The number of hydrogen-bond donors (Lipinski definition) is 3. The number of aromatic hydroxyl groups is 1. The molecule has 0 saturated carbocycles. The fraction of sp³-hybridized carbons (Fsp3) is 0.308. The predicted octanol–water partition coefficient (Wildman–Crippen LogP) is 1.09. The minimum absolute atomic E-state index is 0.131. The summed E-state index contributed by atoms with van der Waals surface area (Å²) in [6.45, 7) is 3.26. The van der Waals surface area contributed by atoms with Crippen molar-refractivity contribution in [2.45, 2.75) is 25.2 Å². The Hall–Kier alpha value is -2.04. The number of carboxylic acid groups (broad SMARTS) is 1. The molecule has 0 heterocycles. The molecule has 20 heavy (non-hydrogen) atoms. The third-order valence-electron chi connectivity index (χ3n) is 2.53. The Morgan fingerprint density at radius 3 is 2.60 bits per heavy atom. The number of hydrogen-bond acceptors (Lipinski definition) is 4. The number of rotatable bonds is 5. The molecule has 0 bridgehead atoms. The molecule has 0 aromatic heterocycles. The van der Waals surface area contributed by atoms with Crippen molar-refractivity contribution in [1.82, 2.24) is 4.72 Å². The van der Waals surface area contributed by atoms with Crippen molar-refractivity contribution < 1.29 is 23.4 Å². The van der Waals surface area contributed by atoms with Gasteiger partial charge in [0.2, 0.25) is 10.0 Å². The Labute approximate surface area is 117 Å². The molecular weight excluding hydrogens is 282 g/mol. The summed E-state index contributed by atoms with van der Waals surface area (Å²) in [5, 5.41) is 18.4. The lowest BCUT2D eigenvalue weighted by Gasteiger charge is -2.10. The quantitative estimate of drug-likeness (QED) is 0.557. The average molecular weight is 297 g/mol. The van der Waals surface area contributed by atoms with Crippen LogP contribution in [0.4, 0.5) is 0 Å². The van der Waals surface area contributed by atoms with Gasteiger partial charge in [0, 0.05) is 13.0 Å². The molecule has 3 N–H and O–H groups in total. The topological polar surface area (TPSA) is 104 Å². The molecule has 0 saturated heterocycles. The van der Waals surface area contributed by atoms with Crippen molar-refractivity contribution in [2.75, 3.05) is 6.54 Å². The van der Waals surface area contributed by atoms with Crippen LogP contribution in [0.15, 0.2) is 17.0 Å². The average Bonchev–Trinajstić information content (AvgIpc) is 2.33. The van der Waals surface area contributed by atoms with E-state index in [0.717, 1.165) is 12.1 Å². The van der Waals surface area contributed by atoms with Gasteiger partial charge in [0.15, 0.2) is 0 Å². The minimum atomic E-state index is -3.84. The van der Waals surface area contributed by atoms with Gasteiger partial charge in [-0.3, -0.25) is 0 Å². The van der Waals surface area contributed by atoms with Gasteiger partial charge < -0.3 is 10.2 Å². The second-order valence-electron chi connectivity index (χ2n) is 4.01. The summed E-state index contributed by atoms with van der Waals surface area (Å²) in [6.07, 6.45) is 0.360. The SMILES string of the molecule is CC#CCCNS(=O)(=O)c1cc(C(=O)O)c(O)cc1C. The number of phenols is 1. The summed E-state index contributed by atoms with van der Waals surface area (Å²) in [4.78, 5) is 10.7. The molecule has 0 amide bonds. The first-order valence-corrected chi connectivity index (χ1v) is 7.24. The molecule has 0 radical (unpaired) electrons. The molecule has 0 aliphatic carbocycles. The Balaban J connectivity index is 3.13. The van der Waals surface area contributed by atoms with Crippen LogP contribution in [0.2, 0.25) is 0 Å². The van der Waals surface area contributed by atoms with Crippen LogP contribution >= 0.6 is 0 Å². The van der Waals surface area contributed by atoms with E-state index in [1.165, 1.54) is 6.92 Å². The van der Waals surface area contributed by atoms with Crippen LogP contribution in [0.25, 0.3) is 0 Å². The standard InChI is InChI=1S/C13H15NO5S/c1-3-4-5-6-14-20(18,19)12-8-10(13(16)17)11(15)7-9(12)2/h7-8,14-15H,5-6H2,1-2H3,(H,16,17). The first kappa shape index (κ1) is 16.0. The van der Waals surface area contributed by atoms with Crippen LogP contribution in [-0.2, 0) is 10.0 Å². The van der Waals surface area contributed by atoms with E-state index in [1.807, 2.05) is 0 Å². The third-order valence-corrected chi connectivity index (χ3v) is 4.14. The monoisotopic (exact) mass is 297 g/mol. The van der Waals surface area contributed by atoms with E-state index >= 15 is 0 Å². The van der Waals surface area contributed by atoms with Crippen LogP contribution in [-0.4, -0.2) is 31.1 Å². The van der Waals surface area contributed by atoms with E-state index in [-0.39, 0.29) is 17.0 Å². The molecule has 6 nitrogen and oxygen atoms in total. The van der Waals surface area contributed by atoms with Crippen molar-refractivity contribution in [2.24, 2.45) is 0 Å². The maximum atomic E-state index is 12.1. The summed E-state index contributed by atoms with van der Waals surface area (Å²) in [5.41, 5.74) is -0.189. The zero-order valence-electron chi connectivity index (χ0n) is 11.1. The second kappa shape index (κ2) is 6.41. The van der Waals surface area contributed by atoms with Crippen molar-refractivity contribution in [3.63, 3.8) is 0 Å². The highest BCUT2D eigenvalue weighted by molar-refractivity contribution is 7.89. The molecule has 108 valence electrons. The number of benzene rings is 1. The zero-order valence-corrected chi connectivity index (χ0v) is 11.9. The molecule has 0 aliphatic rings. The van der Waals surface area contributed by atoms with E-state index in [4.69, 9.17) is 5.11 Å². The van der Waals surface area contributed by atoms with E-state index in [1.54, 1.807) is 6.92 Å². The largest absolute Gasteiger partial charge is 0.507 e. The second-order valence-corrected chi connectivity index (χ2v) is 5.75. The molecule has 0 atom stereocenters. The van der Waals surface area contributed by atoms with Gasteiger partial charge in [0.25, 0.3) is 0 Å². The number of carbonyl (C=O) groups is 1. The van der Waals surface area contributed by atoms with Gasteiger partial charge in [0.05, 0.1) is 4.90 Å². The first-order chi connectivity index (χ1) is 9.29. The van der Waals surface area contributed by atoms with Gasteiger partial charge in [0.1, 0.15) is 11.3 Å². The van der Waals surface area contributed by atoms with Crippen molar-refractivity contribution in [3.8, 4) is 17.6 Å². The molecule has 1 rings (SSSR count). The molecule has 0 aliphatic heterocycles. The summed E-state index contributed by atoms with van der Waals surface area (Å²) < 4.78 is 26.5. The number of carboxylic acids is 1. The fourth-order valence-corrected chi connectivity index (χ4v) is 2.87. The highest BCUT2D eigenvalue weighted by atomic mass is 32.2. The van der Waals surface area contributed by atoms with Crippen molar-refractivity contribution >= 4 is 16.0 Å². The Morgan fingerprint density at radius 2 is 2.05 bits per heavy atom. The van der Waals surface area contributed by atoms with Crippen molar-refractivity contribution in [1.29, 1.82) is 0 Å². The lowest BCUT2D eigenvalue weighted by atomic mass is 10.1. The molecule has 1 aromatic rings. The molecule has 7 heteroatoms. The number of aryl methyl sites for hydroxylation is 1. The summed E-state index contributed by atoms with van der Waals surface area (Å²) >= 11 is 0. The Kier molecular flexibility index (Phi) is 5.13. The highest BCUT2D eigenvalue weighted by Gasteiger charge is 2.21. The first-order valence-electron chi connectivity index (χ1n) is 5.75. The highest BCUT2D eigenvalue weighted by Crippen LogP contribution is 2.25. The van der Waals surface area contributed by atoms with Gasteiger partial charge in [-0.05, 0) is 31.5 Å². The van der Waals surface area contributed by atoms with Crippen LogP contribution in [0, 0.1) is 18.8 Å². The van der Waals surface area contributed by atoms with E-state index in [2.05, 4.69) is 16.6 Å². The van der Waals surface area contributed by atoms with Crippen LogP contribution < -0.4 is 4.72 Å². The number of aromatic carboxylic acids is 1. The van der Waals surface area contributed by atoms with Gasteiger partial charge >= 0.3 is 5.97 Å². The van der Waals surface area contributed by atoms with E-state index in [9.17, 15) is 18.3 Å². The fourth-order valence-electron chi connectivity index (χ4n) is 1.58. The summed E-state index contributed by atoms with van der Waals surface area (Å²) in [7, 11) is -3.84. The maximum absolute atomic E-state index is 12.1. The van der Waals surface area contributed by atoms with Crippen LogP contribution in [0.5, 0.6) is 5.75 Å². The lowest BCUT2D eigenvalue weighted by Crippen LogP contribution is -2.25. The van der Waals surface area contributed by atoms with Crippen LogP contribution in [0.1, 0.15) is 29.3 Å². The maximum Gasteiger partial charge on any atom is 0.339 e. The van der Waals surface area contributed by atoms with Gasteiger partial charge in [-0.25, -0.2) is 17.9 Å². The van der Waals surface area contributed by atoms with Crippen LogP contribution in [0.3, 0.4) is 0 Å². The van der Waals surface area contributed by atoms with E-state index in [0.29, 0.717) is 6.42 Å². The Morgan fingerprint density at radius 1 is 1.40 bits per heavy atom. The number of nitrogens with one attached hydrogen (secondary N) is 1. The van der Waals surface area contributed by atoms with Gasteiger partial charge in [-0.1, -0.05) is 0 Å². The molecular formula is C13H15NO5S. The van der Waals surface area contributed by atoms with Crippen molar-refractivity contribution in [3.05, 3.63) is 23.3 Å². The summed E-state index contributed by atoms with van der Waals surface area (Å²) in [5.74, 6) is 3.50. The minimum Gasteiger partial charge on any atom is -0.507 e. The smallest absolute Gasteiger partial charge is 0.339 e. The predicted molar refractivity (Wildman–Crippen MR) is 73.1 cm³/mol. The van der Waals surface area contributed by atoms with Gasteiger partial charge in [-0.2, -0.15) is 0 Å². The Bertz CT molecular complexity index is 683. The van der Waals surface area contributed by atoms with Gasteiger partial charge in [-0.15, -0.1) is 11.8 Å². The molecule has 1 aromatic carbocycles. The summed E-state index contributed by atoms with van der Waals surface area (Å²) in [6, 6.07) is 2.06. The third kappa shape index (κ3) is 3.73. The van der Waals surface area contributed by atoms with E-state index < -0.39 is 27.3 Å². The number of sulfonamides is 1.